The molecule has 0 aliphatic heterocycles. The Morgan fingerprint density at radius 3 is 1.44 bits per heavy atom. The quantitative estimate of drug-likeness (QED) is 0.110. The third kappa shape index (κ3) is 13.0. The van der Waals surface area contributed by atoms with Gasteiger partial charge in [0, 0.05) is 6.54 Å². The second kappa shape index (κ2) is 18.2. The number of benzene rings is 4. The predicted molar refractivity (Wildman–Crippen MR) is 171 cm³/mol. The molecule has 3 N–H and O–H groups in total. The average molecular weight is 634 g/mol. The molecule has 4 aromatic rings. The molecule has 0 aromatic heterocycles. The minimum Gasteiger partial charge on any atom is -0.445 e. The summed E-state index contributed by atoms with van der Waals surface area (Å²) in [5.41, 5.74) is 3.55. The van der Waals surface area contributed by atoms with Crippen molar-refractivity contribution in [2.24, 2.45) is 0 Å². The van der Waals surface area contributed by atoms with Crippen LogP contribution in [0.4, 0.5) is 4.79 Å². The Hall–Kier alpha value is -3.82. The van der Waals surface area contributed by atoms with E-state index >= 15 is 0 Å². The summed E-state index contributed by atoms with van der Waals surface area (Å²) in [6.45, 7) is 0.690. The maximum Gasteiger partial charge on any atom is 0.407 e. The molecule has 0 fully saturated rings. The molecule has 0 saturated heterocycles. The first kappa shape index (κ1) is 34.1. The lowest BCUT2D eigenvalue weighted by molar-refractivity contribution is -0.150. The van der Waals surface area contributed by atoms with Gasteiger partial charge < -0.3 is 34.1 Å². The molecule has 1 amide bonds. The standard InChI is InChI=1S/C35H40NO8P/c37-35(44-27-31-19-11-4-12-20-31)36-23-33(42-25-29-15-7-2-8-16-29)34(43-26-30-17-9-3-10-18-30)32(21-22-45(38,39)40)41-24-28-13-5-1-6-14-28/h1-20,32-34H,21-27H2,(H,36,37)(H2,38,39,40)/t32-,33-,34-/m1/s1. The average Bonchev–Trinajstić information content (AvgIpc) is 3.06. The molecule has 238 valence electrons. The Morgan fingerprint density at radius 1 is 0.600 bits per heavy atom. The number of rotatable bonds is 18. The Bertz CT molecular complexity index is 1440. The van der Waals surface area contributed by atoms with Gasteiger partial charge in [0.05, 0.1) is 32.1 Å². The second-order valence-corrected chi connectivity index (χ2v) is 12.3. The molecule has 0 heterocycles. The topological polar surface area (TPSA) is 124 Å². The second-order valence-electron chi connectivity index (χ2n) is 10.6. The largest absolute Gasteiger partial charge is 0.445 e. The van der Waals surface area contributed by atoms with E-state index < -0.39 is 38.2 Å². The number of carbonyl (C=O) groups is 1. The van der Waals surface area contributed by atoms with E-state index in [0.717, 1.165) is 22.3 Å². The highest BCUT2D eigenvalue weighted by atomic mass is 31.2. The highest BCUT2D eigenvalue weighted by molar-refractivity contribution is 7.51. The van der Waals surface area contributed by atoms with Gasteiger partial charge in [0.2, 0.25) is 0 Å². The summed E-state index contributed by atoms with van der Waals surface area (Å²) >= 11 is 0. The molecule has 0 saturated carbocycles. The number of ether oxygens (including phenoxy) is 4. The first-order chi connectivity index (χ1) is 21.9. The molecule has 0 unspecified atom stereocenters. The van der Waals surface area contributed by atoms with Gasteiger partial charge in [-0.05, 0) is 28.7 Å². The van der Waals surface area contributed by atoms with Crippen LogP contribution in [0.2, 0.25) is 0 Å². The molecular weight excluding hydrogens is 593 g/mol. The van der Waals surface area contributed by atoms with Gasteiger partial charge in [-0.1, -0.05) is 121 Å². The van der Waals surface area contributed by atoms with Gasteiger partial charge in [-0.3, -0.25) is 4.57 Å². The molecule has 4 rings (SSSR count). The monoisotopic (exact) mass is 633 g/mol. The summed E-state index contributed by atoms with van der Waals surface area (Å²) in [5, 5.41) is 2.79. The third-order valence-corrected chi connectivity index (χ3v) is 7.84. The smallest absolute Gasteiger partial charge is 0.407 e. The molecule has 0 radical (unpaired) electrons. The Kier molecular flexibility index (Phi) is 13.8. The molecule has 0 spiro atoms. The SMILES string of the molecule is O=C(NC[C@@H](OCc1ccccc1)[C@H](OCc1ccccc1)[C@@H](CCP(=O)(O)O)OCc1ccccc1)OCc1ccccc1. The van der Waals surface area contributed by atoms with Gasteiger partial charge in [0.25, 0.3) is 0 Å². The van der Waals surface area contributed by atoms with Crippen molar-refractivity contribution >= 4 is 13.7 Å². The van der Waals surface area contributed by atoms with Crippen molar-refractivity contribution in [1.29, 1.82) is 0 Å². The molecule has 4 aromatic carbocycles. The van der Waals surface area contributed by atoms with Crippen molar-refractivity contribution in [3.63, 3.8) is 0 Å². The van der Waals surface area contributed by atoms with E-state index in [1.54, 1.807) is 0 Å². The van der Waals surface area contributed by atoms with Gasteiger partial charge in [-0.2, -0.15) is 0 Å². The number of alkyl carbamates (subject to hydrolysis) is 1. The summed E-state index contributed by atoms with van der Waals surface area (Å²) in [6.07, 6.45) is -3.42. The summed E-state index contributed by atoms with van der Waals surface area (Å²) in [5.74, 6) is 0. The lowest BCUT2D eigenvalue weighted by Crippen LogP contribution is -2.48. The van der Waals surface area contributed by atoms with Gasteiger partial charge >= 0.3 is 13.7 Å². The Labute approximate surface area is 264 Å². The maximum absolute atomic E-state index is 12.8. The molecule has 45 heavy (non-hydrogen) atoms. The van der Waals surface area contributed by atoms with Crippen molar-refractivity contribution < 1.29 is 38.1 Å². The van der Waals surface area contributed by atoms with Crippen LogP contribution in [0, 0.1) is 0 Å². The molecular formula is C35H40NO8P. The van der Waals surface area contributed by atoms with Gasteiger partial charge in [-0.15, -0.1) is 0 Å². The zero-order valence-corrected chi connectivity index (χ0v) is 25.9. The Morgan fingerprint density at radius 2 is 1.00 bits per heavy atom. The first-order valence-corrected chi connectivity index (χ1v) is 16.6. The highest BCUT2D eigenvalue weighted by Gasteiger charge is 2.34. The van der Waals surface area contributed by atoms with Gasteiger partial charge in [0.15, 0.2) is 0 Å². The fourth-order valence-electron chi connectivity index (χ4n) is 4.64. The van der Waals surface area contributed by atoms with Crippen molar-refractivity contribution in [2.75, 3.05) is 12.7 Å². The van der Waals surface area contributed by atoms with Crippen LogP contribution in [0.3, 0.4) is 0 Å². The number of amides is 1. The van der Waals surface area contributed by atoms with E-state index in [1.807, 2.05) is 121 Å². The van der Waals surface area contributed by atoms with E-state index in [2.05, 4.69) is 5.32 Å². The number of hydrogen-bond donors (Lipinski definition) is 3. The summed E-state index contributed by atoms with van der Waals surface area (Å²) in [6, 6.07) is 38.0. The van der Waals surface area contributed by atoms with Crippen LogP contribution in [0.5, 0.6) is 0 Å². The van der Waals surface area contributed by atoms with E-state index in [-0.39, 0.29) is 39.4 Å². The third-order valence-electron chi connectivity index (χ3n) is 7.00. The molecule has 0 bridgehead atoms. The van der Waals surface area contributed by atoms with Crippen LogP contribution in [-0.4, -0.2) is 46.9 Å². The van der Waals surface area contributed by atoms with Crippen LogP contribution < -0.4 is 5.32 Å². The number of carbonyl (C=O) groups excluding carboxylic acids is 1. The van der Waals surface area contributed by atoms with E-state index in [9.17, 15) is 19.1 Å². The van der Waals surface area contributed by atoms with Crippen LogP contribution >= 0.6 is 7.60 Å². The van der Waals surface area contributed by atoms with Crippen molar-refractivity contribution in [1.82, 2.24) is 5.32 Å². The lowest BCUT2D eigenvalue weighted by Gasteiger charge is -2.34. The highest BCUT2D eigenvalue weighted by Crippen LogP contribution is 2.36. The van der Waals surface area contributed by atoms with Crippen molar-refractivity contribution in [3.8, 4) is 0 Å². The summed E-state index contributed by atoms with van der Waals surface area (Å²) in [4.78, 5) is 32.3. The predicted octanol–water partition coefficient (Wildman–Crippen LogP) is 6.24. The van der Waals surface area contributed by atoms with Gasteiger partial charge in [0.1, 0.15) is 18.8 Å². The van der Waals surface area contributed by atoms with E-state index in [1.165, 1.54) is 0 Å². The minimum absolute atomic E-state index is 0.000217. The maximum atomic E-state index is 12.8. The fourth-order valence-corrected chi connectivity index (χ4v) is 5.23. The van der Waals surface area contributed by atoms with Crippen molar-refractivity contribution in [3.05, 3.63) is 144 Å². The summed E-state index contributed by atoms with van der Waals surface area (Å²) < 4.78 is 36.6. The molecule has 3 atom stereocenters. The fraction of sp³-hybridized carbons (Fsp3) is 0.286. The molecule has 10 heteroatoms. The Balaban J connectivity index is 1.57. The van der Waals surface area contributed by atoms with Crippen molar-refractivity contribution in [2.45, 2.75) is 51.2 Å². The minimum atomic E-state index is -4.36. The number of nitrogens with one attached hydrogen (secondary N) is 1. The summed E-state index contributed by atoms with van der Waals surface area (Å²) in [7, 11) is -4.36. The van der Waals surface area contributed by atoms with E-state index in [0.29, 0.717) is 0 Å². The molecule has 0 aliphatic rings. The van der Waals surface area contributed by atoms with Crippen LogP contribution in [0.25, 0.3) is 0 Å². The lowest BCUT2D eigenvalue weighted by atomic mass is 10.0. The molecule has 0 aliphatic carbocycles. The zero-order chi connectivity index (χ0) is 31.7. The first-order valence-electron chi connectivity index (χ1n) is 14.8. The van der Waals surface area contributed by atoms with Crippen LogP contribution in [0.1, 0.15) is 28.7 Å². The van der Waals surface area contributed by atoms with Crippen LogP contribution in [0.15, 0.2) is 121 Å². The molecule has 9 nitrogen and oxygen atoms in total. The van der Waals surface area contributed by atoms with Gasteiger partial charge in [-0.25, -0.2) is 4.79 Å². The normalized spacial score (nSPS) is 13.5. The van der Waals surface area contributed by atoms with E-state index in [4.69, 9.17) is 18.9 Å². The van der Waals surface area contributed by atoms with Crippen LogP contribution in [-0.2, 0) is 49.9 Å². The zero-order valence-electron chi connectivity index (χ0n) is 25.0. The number of hydrogen-bond acceptors (Lipinski definition) is 6.